The quantitative estimate of drug-likeness (QED) is 0.911. The lowest BCUT2D eigenvalue weighted by Gasteiger charge is -2.17. The molecule has 0 fully saturated rings. The van der Waals surface area contributed by atoms with Crippen molar-refractivity contribution in [3.05, 3.63) is 40.6 Å². The molecule has 2 aromatic heterocycles. The van der Waals surface area contributed by atoms with E-state index in [9.17, 15) is 0 Å². The van der Waals surface area contributed by atoms with Crippen molar-refractivity contribution in [2.24, 2.45) is 7.05 Å². The predicted octanol–water partition coefficient (Wildman–Crippen LogP) is 2.67. The molecule has 0 aliphatic carbocycles. The first-order valence-corrected chi connectivity index (χ1v) is 5.97. The summed E-state index contributed by atoms with van der Waals surface area (Å²) in [6.07, 6.45) is 3.35. The monoisotopic (exact) mass is 253 g/mol. The van der Waals surface area contributed by atoms with E-state index in [1.807, 2.05) is 20.0 Å². The van der Waals surface area contributed by atoms with Crippen molar-refractivity contribution >= 4 is 11.6 Å². The maximum atomic E-state index is 6.18. The molecule has 1 unspecified atom stereocenters. The number of furan rings is 1. The van der Waals surface area contributed by atoms with Gasteiger partial charge in [-0.15, -0.1) is 0 Å². The van der Waals surface area contributed by atoms with Crippen LogP contribution in [-0.2, 0) is 7.05 Å². The molecule has 0 bridgehead atoms. The SMILES string of the molecule is CCNC(c1occc1C)c1c(Cl)cnn1C. The van der Waals surface area contributed by atoms with Gasteiger partial charge in [-0.05, 0) is 25.1 Å². The van der Waals surface area contributed by atoms with E-state index in [-0.39, 0.29) is 6.04 Å². The van der Waals surface area contributed by atoms with E-state index >= 15 is 0 Å². The molecule has 4 nitrogen and oxygen atoms in total. The zero-order valence-corrected chi connectivity index (χ0v) is 11.0. The zero-order chi connectivity index (χ0) is 12.4. The van der Waals surface area contributed by atoms with Crippen LogP contribution in [0, 0.1) is 6.92 Å². The molecule has 0 aromatic carbocycles. The molecule has 2 aromatic rings. The minimum absolute atomic E-state index is 0.0602. The first-order valence-electron chi connectivity index (χ1n) is 5.60. The molecule has 1 atom stereocenters. The fourth-order valence-electron chi connectivity index (χ4n) is 1.94. The summed E-state index contributed by atoms with van der Waals surface area (Å²) in [6.45, 7) is 4.90. The van der Waals surface area contributed by atoms with Crippen LogP contribution in [0.1, 0.15) is 30.0 Å². The van der Waals surface area contributed by atoms with Crippen molar-refractivity contribution in [1.29, 1.82) is 0 Å². The Labute approximate surface area is 106 Å². The summed E-state index contributed by atoms with van der Waals surface area (Å²) in [4.78, 5) is 0. The van der Waals surface area contributed by atoms with Gasteiger partial charge in [0, 0.05) is 7.05 Å². The summed E-state index contributed by atoms with van der Waals surface area (Å²) < 4.78 is 7.33. The molecule has 0 amide bonds. The van der Waals surface area contributed by atoms with E-state index in [4.69, 9.17) is 16.0 Å². The molecular formula is C12H16ClN3O. The topological polar surface area (TPSA) is 43.0 Å². The smallest absolute Gasteiger partial charge is 0.129 e. The number of aryl methyl sites for hydroxylation is 2. The summed E-state index contributed by atoms with van der Waals surface area (Å²) >= 11 is 6.18. The largest absolute Gasteiger partial charge is 0.467 e. The van der Waals surface area contributed by atoms with E-state index < -0.39 is 0 Å². The van der Waals surface area contributed by atoms with Gasteiger partial charge in [-0.2, -0.15) is 5.10 Å². The van der Waals surface area contributed by atoms with Crippen molar-refractivity contribution < 1.29 is 4.42 Å². The normalized spacial score (nSPS) is 12.9. The molecule has 1 N–H and O–H groups in total. The molecule has 0 saturated carbocycles. The third kappa shape index (κ3) is 2.23. The predicted molar refractivity (Wildman–Crippen MR) is 67.2 cm³/mol. The maximum Gasteiger partial charge on any atom is 0.129 e. The number of hydrogen-bond acceptors (Lipinski definition) is 3. The van der Waals surface area contributed by atoms with Crippen molar-refractivity contribution in [3.8, 4) is 0 Å². The van der Waals surface area contributed by atoms with E-state index in [2.05, 4.69) is 17.3 Å². The molecule has 5 heteroatoms. The highest BCUT2D eigenvalue weighted by Crippen LogP contribution is 2.29. The number of nitrogens with one attached hydrogen (secondary N) is 1. The Kier molecular flexibility index (Phi) is 3.54. The molecule has 2 heterocycles. The van der Waals surface area contributed by atoms with Gasteiger partial charge in [0.15, 0.2) is 0 Å². The third-order valence-corrected chi connectivity index (χ3v) is 3.07. The first kappa shape index (κ1) is 12.2. The van der Waals surface area contributed by atoms with Gasteiger partial charge >= 0.3 is 0 Å². The van der Waals surface area contributed by atoms with Crippen LogP contribution in [0.3, 0.4) is 0 Å². The molecule has 0 radical (unpaired) electrons. The van der Waals surface area contributed by atoms with Crippen molar-refractivity contribution in [2.75, 3.05) is 6.54 Å². The molecule has 0 aliphatic heterocycles. The Hall–Kier alpha value is -1.26. The van der Waals surface area contributed by atoms with Crippen LogP contribution in [0.15, 0.2) is 22.9 Å². The number of rotatable bonds is 4. The fourth-order valence-corrected chi connectivity index (χ4v) is 2.22. The number of aromatic nitrogens is 2. The summed E-state index contributed by atoms with van der Waals surface area (Å²) in [7, 11) is 1.88. The van der Waals surface area contributed by atoms with E-state index in [1.54, 1.807) is 17.1 Å². The van der Waals surface area contributed by atoms with Gasteiger partial charge in [0.25, 0.3) is 0 Å². The Morgan fingerprint density at radius 2 is 2.35 bits per heavy atom. The highest BCUT2D eigenvalue weighted by atomic mass is 35.5. The first-order chi connectivity index (χ1) is 8.15. The molecule has 0 aliphatic rings. The van der Waals surface area contributed by atoms with Gasteiger partial charge in [0.05, 0.1) is 23.2 Å². The minimum Gasteiger partial charge on any atom is -0.467 e. The molecule has 0 spiro atoms. The lowest BCUT2D eigenvalue weighted by Crippen LogP contribution is -2.24. The van der Waals surface area contributed by atoms with E-state index in [1.165, 1.54) is 0 Å². The Morgan fingerprint density at radius 1 is 1.59 bits per heavy atom. The van der Waals surface area contributed by atoms with Crippen LogP contribution < -0.4 is 5.32 Å². The highest BCUT2D eigenvalue weighted by molar-refractivity contribution is 6.31. The van der Waals surface area contributed by atoms with Gasteiger partial charge in [-0.1, -0.05) is 18.5 Å². The highest BCUT2D eigenvalue weighted by Gasteiger charge is 2.24. The maximum absolute atomic E-state index is 6.18. The second kappa shape index (κ2) is 4.94. The Bertz CT molecular complexity index is 484. The number of hydrogen-bond donors (Lipinski definition) is 1. The lowest BCUT2D eigenvalue weighted by atomic mass is 10.1. The van der Waals surface area contributed by atoms with Gasteiger partial charge < -0.3 is 9.73 Å². The molecule has 17 heavy (non-hydrogen) atoms. The minimum atomic E-state index is -0.0602. The van der Waals surface area contributed by atoms with Gasteiger partial charge in [0.1, 0.15) is 11.8 Å². The summed E-state index contributed by atoms with van der Waals surface area (Å²) in [5.74, 6) is 0.886. The Morgan fingerprint density at radius 3 is 2.82 bits per heavy atom. The standard InChI is InChI=1S/C12H16ClN3O/c1-4-14-10(12-8(2)5-6-17-12)11-9(13)7-15-16(11)3/h5-7,10,14H,4H2,1-3H3. The van der Waals surface area contributed by atoms with Crippen molar-refractivity contribution in [3.63, 3.8) is 0 Å². The van der Waals surface area contributed by atoms with Crippen LogP contribution in [0.5, 0.6) is 0 Å². The van der Waals surface area contributed by atoms with Gasteiger partial charge in [0.2, 0.25) is 0 Å². The van der Waals surface area contributed by atoms with Crippen LogP contribution in [0.4, 0.5) is 0 Å². The summed E-state index contributed by atoms with van der Waals surface area (Å²) in [6, 6.07) is 1.89. The van der Waals surface area contributed by atoms with Crippen LogP contribution in [-0.4, -0.2) is 16.3 Å². The van der Waals surface area contributed by atoms with Crippen LogP contribution in [0.2, 0.25) is 5.02 Å². The average molecular weight is 254 g/mol. The van der Waals surface area contributed by atoms with Crippen LogP contribution >= 0.6 is 11.6 Å². The molecular weight excluding hydrogens is 238 g/mol. The van der Waals surface area contributed by atoms with Crippen molar-refractivity contribution in [2.45, 2.75) is 19.9 Å². The second-order valence-electron chi connectivity index (χ2n) is 3.96. The third-order valence-electron chi connectivity index (χ3n) is 2.78. The van der Waals surface area contributed by atoms with Crippen molar-refractivity contribution in [1.82, 2.24) is 15.1 Å². The van der Waals surface area contributed by atoms with E-state index in [0.717, 1.165) is 23.6 Å². The number of halogens is 1. The second-order valence-corrected chi connectivity index (χ2v) is 4.37. The zero-order valence-electron chi connectivity index (χ0n) is 10.2. The molecule has 0 saturated heterocycles. The Balaban J connectivity index is 2.46. The van der Waals surface area contributed by atoms with E-state index in [0.29, 0.717) is 5.02 Å². The molecule has 2 rings (SSSR count). The lowest BCUT2D eigenvalue weighted by molar-refractivity contribution is 0.435. The average Bonchev–Trinajstić information content (AvgIpc) is 2.84. The fraction of sp³-hybridized carbons (Fsp3) is 0.417. The summed E-state index contributed by atoms with van der Waals surface area (Å²) in [5.41, 5.74) is 2.03. The molecule has 92 valence electrons. The van der Waals surface area contributed by atoms with Gasteiger partial charge in [-0.25, -0.2) is 0 Å². The summed E-state index contributed by atoms with van der Waals surface area (Å²) in [5, 5.41) is 8.18. The van der Waals surface area contributed by atoms with Crippen LogP contribution in [0.25, 0.3) is 0 Å². The number of nitrogens with zero attached hydrogens (tertiary/aromatic N) is 2. The van der Waals surface area contributed by atoms with Gasteiger partial charge in [-0.3, -0.25) is 4.68 Å².